The van der Waals surface area contributed by atoms with Crippen LogP contribution in [0.3, 0.4) is 0 Å². The van der Waals surface area contributed by atoms with Gasteiger partial charge in [-0.25, -0.2) is 9.50 Å². The molecule has 7 heteroatoms. The number of hydrogen-bond acceptors (Lipinski definition) is 6. The van der Waals surface area contributed by atoms with E-state index in [2.05, 4.69) is 10.3 Å². The molecule has 2 bridgehead atoms. The van der Waals surface area contributed by atoms with Crippen molar-refractivity contribution in [2.75, 3.05) is 5.32 Å². The third-order valence-corrected chi connectivity index (χ3v) is 7.92. The van der Waals surface area contributed by atoms with Crippen LogP contribution in [-0.4, -0.2) is 36.6 Å². The van der Waals surface area contributed by atoms with Crippen molar-refractivity contribution >= 4 is 22.9 Å². The van der Waals surface area contributed by atoms with E-state index < -0.39 is 5.60 Å². The molecule has 160 valence electrons. The van der Waals surface area contributed by atoms with Crippen molar-refractivity contribution in [2.24, 2.45) is 17.1 Å². The lowest BCUT2D eigenvalue weighted by molar-refractivity contribution is -0.115. The number of fused-ring (bicyclic) bond motifs is 4. The van der Waals surface area contributed by atoms with E-state index in [9.17, 15) is 5.11 Å². The van der Waals surface area contributed by atoms with Crippen LogP contribution in [0.2, 0.25) is 0 Å². The van der Waals surface area contributed by atoms with Gasteiger partial charge in [-0.1, -0.05) is 0 Å². The Labute approximate surface area is 177 Å². The molecule has 7 nitrogen and oxygen atoms in total. The van der Waals surface area contributed by atoms with Crippen LogP contribution in [0.15, 0.2) is 24.4 Å². The zero-order chi connectivity index (χ0) is 21.1. The highest BCUT2D eigenvalue weighted by atomic mass is 16.3. The summed E-state index contributed by atoms with van der Waals surface area (Å²) in [6.07, 6.45) is 11.9. The second-order valence-electron chi connectivity index (χ2n) is 10.2. The van der Waals surface area contributed by atoms with Crippen LogP contribution in [0.4, 0.5) is 5.82 Å². The third kappa shape index (κ3) is 3.20. The highest BCUT2D eigenvalue weighted by molar-refractivity contribution is 6.00. The van der Waals surface area contributed by atoms with E-state index in [1.165, 1.54) is 0 Å². The van der Waals surface area contributed by atoms with Gasteiger partial charge in [-0.15, -0.1) is 5.10 Å². The molecule has 0 radical (unpaired) electrons. The highest BCUT2D eigenvalue weighted by Crippen LogP contribution is 2.57. The Morgan fingerprint density at radius 2 is 1.90 bits per heavy atom. The van der Waals surface area contributed by atoms with Gasteiger partial charge in [-0.05, 0) is 88.8 Å². The summed E-state index contributed by atoms with van der Waals surface area (Å²) < 4.78 is 1.78. The van der Waals surface area contributed by atoms with Gasteiger partial charge in [0.15, 0.2) is 5.65 Å². The molecule has 4 aliphatic rings. The summed E-state index contributed by atoms with van der Waals surface area (Å²) in [6.45, 7) is 3.94. The summed E-state index contributed by atoms with van der Waals surface area (Å²) in [5, 5.41) is 27.4. The van der Waals surface area contributed by atoms with Gasteiger partial charge in [0.1, 0.15) is 11.5 Å². The first-order chi connectivity index (χ1) is 14.2. The molecule has 0 spiro atoms. The van der Waals surface area contributed by atoms with Crippen LogP contribution in [0.1, 0.15) is 70.9 Å². The minimum Gasteiger partial charge on any atom is -0.397 e. The molecule has 5 N–H and O–H groups in total. The zero-order valence-corrected chi connectivity index (χ0v) is 17.9. The third-order valence-electron chi connectivity index (χ3n) is 7.92. The number of aromatic nitrogens is 3. The summed E-state index contributed by atoms with van der Waals surface area (Å²) in [7, 11) is 0. The predicted molar refractivity (Wildman–Crippen MR) is 118 cm³/mol. The maximum absolute atomic E-state index is 10.7. The van der Waals surface area contributed by atoms with E-state index in [0.717, 1.165) is 68.5 Å². The van der Waals surface area contributed by atoms with Crippen LogP contribution in [0.5, 0.6) is 0 Å². The molecule has 2 aromatic heterocycles. The molecule has 0 saturated heterocycles. The van der Waals surface area contributed by atoms with Crippen molar-refractivity contribution in [2.45, 2.75) is 76.4 Å². The molecule has 0 amide bonds. The molecular weight excluding hydrogens is 376 g/mol. The number of imidazole rings is 1. The number of nitrogens with one attached hydrogen (secondary N) is 2. The normalized spacial score (nSPS) is 29.4. The minimum atomic E-state index is -0.625. The molecule has 2 heterocycles. The number of allylic oxidation sites excluding steroid dienone is 1. The number of anilines is 1. The average Bonchev–Trinajstić information content (AvgIpc) is 3.48. The molecule has 0 atom stereocenters. The van der Waals surface area contributed by atoms with Crippen molar-refractivity contribution in [3.05, 3.63) is 30.1 Å². The van der Waals surface area contributed by atoms with Crippen LogP contribution in [-0.2, 0) is 0 Å². The summed E-state index contributed by atoms with van der Waals surface area (Å²) >= 11 is 0. The summed E-state index contributed by atoms with van der Waals surface area (Å²) in [6, 6.07) is 3.95. The van der Waals surface area contributed by atoms with Gasteiger partial charge < -0.3 is 21.6 Å². The Balaban J connectivity index is 1.38. The predicted octanol–water partition coefficient (Wildman–Crippen LogP) is 3.73. The molecule has 30 heavy (non-hydrogen) atoms. The monoisotopic (exact) mass is 408 g/mol. The standard InChI is InChI=1S/C23H32N6O/c1-21(2,30)22-7-10-23(11-8-22,12-9-22)27-19-5-6-20-26-14-18(29(20)28-19)17(25)13-16(24)15-3-4-15/h5-6,13-15,24,30H,3-4,7-12,25H2,1-2H3,(H,27,28)/b17-13-,24-16?. The minimum absolute atomic E-state index is 0.0455. The van der Waals surface area contributed by atoms with Gasteiger partial charge >= 0.3 is 0 Å². The summed E-state index contributed by atoms with van der Waals surface area (Å²) in [4.78, 5) is 4.43. The van der Waals surface area contributed by atoms with Gasteiger partial charge in [0, 0.05) is 17.2 Å². The van der Waals surface area contributed by atoms with E-state index in [-0.39, 0.29) is 11.0 Å². The molecule has 0 aliphatic heterocycles. The Morgan fingerprint density at radius 3 is 2.50 bits per heavy atom. The number of rotatable bonds is 6. The SMILES string of the molecule is CC(C)(O)C12CCC(Nc3ccc4ncc(/C(N)=C/C(=N)C5CC5)n4n3)(CC1)CC2. The Bertz CT molecular complexity index is 1000. The fourth-order valence-corrected chi connectivity index (χ4v) is 5.45. The Morgan fingerprint density at radius 1 is 1.23 bits per heavy atom. The number of nitrogens with zero attached hydrogens (tertiary/aromatic N) is 3. The zero-order valence-electron chi connectivity index (χ0n) is 17.9. The molecule has 0 aromatic carbocycles. The molecule has 4 aliphatic carbocycles. The maximum atomic E-state index is 10.7. The molecule has 4 saturated carbocycles. The summed E-state index contributed by atoms with van der Waals surface area (Å²) in [5.41, 5.74) is 8.37. The summed E-state index contributed by atoms with van der Waals surface area (Å²) in [5.74, 6) is 1.19. The number of nitrogens with two attached hydrogens (primary N) is 1. The van der Waals surface area contributed by atoms with Crippen molar-refractivity contribution in [1.29, 1.82) is 5.41 Å². The average molecular weight is 409 g/mol. The quantitative estimate of drug-likeness (QED) is 0.544. The lowest BCUT2D eigenvalue weighted by Crippen LogP contribution is -2.57. The highest BCUT2D eigenvalue weighted by Gasteiger charge is 2.54. The molecular formula is C23H32N6O. The van der Waals surface area contributed by atoms with Gasteiger partial charge in [0.25, 0.3) is 0 Å². The van der Waals surface area contributed by atoms with Crippen molar-refractivity contribution < 1.29 is 5.11 Å². The second kappa shape index (κ2) is 6.54. The first-order valence-corrected chi connectivity index (χ1v) is 11.1. The Kier molecular flexibility index (Phi) is 4.26. The van der Waals surface area contributed by atoms with Crippen LogP contribution < -0.4 is 11.1 Å². The van der Waals surface area contributed by atoms with E-state index in [0.29, 0.717) is 17.3 Å². The molecule has 0 unspecified atom stereocenters. The lowest BCUT2D eigenvalue weighted by atomic mass is 9.52. The first kappa shape index (κ1) is 19.5. The van der Waals surface area contributed by atoms with E-state index in [1.54, 1.807) is 16.8 Å². The van der Waals surface area contributed by atoms with Crippen LogP contribution >= 0.6 is 0 Å². The topological polar surface area (TPSA) is 112 Å². The smallest absolute Gasteiger partial charge is 0.154 e. The number of hydrogen-bond donors (Lipinski definition) is 4. The van der Waals surface area contributed by atoms with Gasteiger partial charge in [-0.2, -0.15) is 0 Å². The van der Waals surface area contributed by atoms with Gasteiger partial charge in [0.05, 0.1) is 17.5 Å². The van der Waals surface area contributed by atoms with E-state index in [4.69, 9.17) is 16.2 Å². The lowest BCUT2D eigenvalue weighted by Gasteiger charge is -2.58. The van der Waals surface area contributed by atoms with Crippen LogP contribution in [0, 0.1) is 16.7 Å². The first-order valence-electron chi connectivity index (χ1n) is 11.1. The second-order valence-corrected chi connectivity index (χ2v) is 10.2. The largest absolute Gasteiger partial charge is 0.397 e. The molecule has 6 rings (SSSR count). The maximum Gasteiger partial charge on any atom is 0.154 e. The van der Waals surface area contributed by atoms with Crippen molar-refractivity contribution in [1.82, 2.24) is 14.6 Å². The van der Waals surface area contributed by atoms with Crippen molar-refractivity contribution in [3.63, 3.8) is 0 Å². The molecule has 2 aromatic rings. The van der Waals surface area contributed by atoms with Crippen LogP contribution in [0.25, 0.3) is 11.3 Å². The van der Waals surface area contributed by atoms with Gasteiger partial charge in [0.2, 0.25) is 0 Å². The number of aliphatic hydroxyl groups is 1. The van der Waals surface area contributed by atoms with E-state index >= 15 is 0 Å². The van der Waals surface area contributed by atoms with E-state index in [1.807, 2.05) is 26.0 Å². The molecule has 4 fully saturated rings. The fraction of sp³-hybridized carbons (Fsp3) is 0.609. The fourth-order valence-electron chi connectivity index (χ4n) is 5.45. The van der Waals surface area contributed by atoms with Crippen molar-refractivity contribution in [3.8, 4) is 0 Å². The Hall–Kier alpha value is -2.41. The van der Waals surface area contributed by atoms with Gasteiger partial charge in [-0.3, -0.25) is 0 Å².